The number of allylic oxidation sites excluding steroid dienone is 10. The first-order valence-electron chi connectivity index (χ1n) is 18.9. The Kier molecular flexibility index (Phi) is 22.6. The lowest BCUT2D eigenvalue weighted by Crippen LogP contribution is -2.27. The molecular weight excluding hydrogens is 644 g/mol. The number of esters is 2. The maximum atomic E-state index is 12.9. The molecule has 0 saturated heterocycles. The Bertz CT molecular complexity index is 1270. The van der Waals surface area contributed by atoms with E-state index in [1.165, 1.54) is 6.08 Å². The minimum absolute atomic E-state index is 0.0757. The van der Waals surface area contributed by atoms with Crippen LogP contribution in [0.5, 0.6) is 0 Å². The molecule has 8 heteroatoms. The number of cyclic esters (lactones) is 1. The smallest absolute Gasteiger partial charge is 0.331 e. The van der Waals surface area contributed by atoms with E-state index in [1.807, 2.05) is 71.9 Å². The zero-order chi connectivity index (χ0) is 38.5. The molecule has 1 rings (SSSR count). The van der Waals surface area contributed by atoms with Gasteiger partial charge in [-0.3, -0.25) is 4.79 Å². The lowest BCUT2D eigenvalue weighted by molar-refractivity contribution is -0.151. The molecule has 0 radical (unpaired) electrons. The predicted molar refractivity (Wildman–Crippen MR) is 207 cm³/mol. The molecule has 1 aliphatic heterocycles. The summed E-state index contributed by atoms with van der Waals surface area (Å²) in [5.41, 5.74) is 3.83. The molecule has 0 spiro atoms. The minimum atomic E-state index is -0.890. The fraction of sp³-hybridized carbons (Fsp3) is 0.628. The summed E-state index contributed by atoms with van der Waals surface area (Å²) in [6.45, 7) is 17.5. The Morgan fingerprint density at radius 2 is 1.63 bits per heavy atom. The van der Waals surface area contributed by atoms with Crippen LogP contribution in [0, 0.1) is 17.8 Å². The van der Waals surface area contributed by atoms with E-state index < -0.39 is 30.4 Å². The molecule has 51 heavy (non-hydrogen) atoms. The van der Waals surface area contributed by atoms with Gasteiger partial charge in [-0.1, -0.05) is 111 Å². The topological polar surface area (TPSA) is 134 Å². The third kappa shape index (κ3) is 20.6. The van der Waals surface area contributed by atoms with Gasteiger partial charge in [0.1, 0.15) is 12.2 Å². The Hall–Kier alpha value is -3.04. The highest BCUT2D eigenvalue weighted by molar-refractivity contribution is 5.82. The molecule has 0 saturated carbocycles. The van der Waals surface area contributed by atoms with Gasteiger partial charge < -0.3 is 29.9 Å². The van der Waals surface area contributed by atoms with Crippen LogP contribution in [-0.4, -0.2) is 69.0 Å². The van der Waals surface area contributed by atoms with Gasteiger partial charge in [0, 0.05) is 24.8 Å². The number of aliphatic hydroxyl groups excluding tert-OH is 4. The van der Waals surface area contributed by atoms with E-state index in [9.17, 15) is 30.0 Å². The molecule has 0 bridgehead atoms. The maximum absolute atomic E-state index is 12.9. The minimum Gasteiger partial charge on any atom is -0.462 e. The predicted octanol–water partition coefficient (Wildman–Crippen LogP) is 8.18. The largest absolute Gasteiger partial charge is 0.462 e. The van der Waals surface area contributed by atoms with Gasteiger partial charge in [0.05, 0.1) is 24.4 Å². The second-order valence-electron chi connectivity index (χ2n) is 14.8. The average molecular weight is 713 g/mol. The van der Waals surface area contributed by atoms with E-state index in [-0.39, 0.29) is 42.4 Å². The zero-order valence-electron chi connectivity index (χ0n) is 32.8. The summed E-state index contributed by atoms with van der Waals surface area (Å²) < 4.78 is 11.8. The molecule has 1 aliphatic rings. The molecule has 0 fully saturated rings. The molecule has 0 aromatic heterocycles. The molecule has 8 nitrogen and oxygen atoms in total. The van der Waals surface area contributed by atoms with E-state index in [4.69, 9.17) is 9.47 Å². The Morgan fingerprint density at radius 3 is 2.29 bits per heavy atom. The van der Waals surface area contributed by atoms with Crippen LogP contribution in [0.3, 0.4) is 0 Å². The number of rotatable bonds is 17. The van der Waals surface area contributed by atoms with E-state index in [0.29, 0.717) is 32.1 Å². The quantitative estimate of drug-likeness (QED) is 0.0514. The summed E-state index contributed by atoms with van der Waals surface area (Å²) in [6, 6.07) is 0. The first-order valence-corrected chi connectivity index (χ1v) is 18.9. The van der Waals surface area contributed by atoms with E-state index in [1.54, 1.807) is 19.1 Å². The summed E-state index contributed by atoms with van der Waals surface area (Å²) in [6.07, 6.45) is 20.3. The van der Waals surface area contributed by atoms with Crippen LogP contribution in [0.1, 0.15) is 120 Å². The van der Waals surface area contributed by atoms with Crippen molar-refractivity contribution in [2.45, 2.75) is 157 Å². The van der Waals surface area contributed by atoms with E-state index in [0.717, 1.165) is 41.6 Å². The summed E-state index contributed by atoms with van der Waals surface area (Å²) in [5, 5.41) is 39.9. The van der Waals surface area contributed by atoms with Crippen LogP contribution < -0.4 is 0 Å². The van der Waals surface area contributed by atoms with Crippen molar-refractivity contribution in [2.75, 3.05) is 0 Å². The molecule has 4 N–H and O–H groups in total. The van der Waals surface area contributed by atoms with Gasteiger partial charge in [-0.15, -0.1) is 0 Å². The second-order valence-corrected chi connectivity index (χ2v) is 14.8. The lowest BCUT2D eigenvalue weighted by atomic mass is 9.90. The molecule has 0 aromatic rings. The Morgan fingerprint density at radius 1 is 0.941 bits per heavy atom. The molecular formula is C43H68O8. The van der Waals surface area contributed by atoms with Crippen LogP contribution in [-0.2, 0) is 19.1 Å². The number of carbonyl (C=O) groups excluding carboxylic acids is 2. The highest BCUT2D eigenvalue weighted by Crippen LogP contribution is 2.26. The summed E-state index contributed by atoms with van der Waals surface area (Å²) in [4.78, 5) is 25.7. The summed E-state index contributed by atoms with van der Waals surface area (Å²) in [5.74, 6) is -0.602. The van der Waals surface area contributed by atoms with Gasteiger partial charge in [-0.25, -0.2) is 4.79 Å². The van der Waals surface area contributed by atoms with Crippen molar-refractivity contribution < 1.29 is 39.5 Å². The van der Waals surface area contributed by atoms with Crippen molar-refractivity contribution in [3.05, 3.63) is 83.1 Å². The highest BCUT2D eigenvalue weighted by atomic mass is 16.5. The first-order chi connectivity index (χ1) is 24.0. The number of aliphatic hydroxyl groups is 4. The van der Waals surface area contributed by atoms with Crippen LogP contribution >= 0.6 is 0 Å². The number of hydrogen-bond acceptors (Lipinski definition) is 8. The van der Waals surface area contributed by atoms with Gasteiger partial charge in [-0.2, -0.15) is 0 Å². The third-order valence-corrected chi connectivity index (χ3v) is 9.18. The van der Waals surface area contributed by atoms with Gasteiger partial charge >= 0.3 is 11.9 Å². The van der Waals surface area contributed by atoms with Crippen molar-refractivity contribution in [2.24, 2.45) is 17.8 Å². The van der Waals surface area contributed by atoms with Crippen LogP contribution in [0.4, 0.5) is 0 Å². The van der Waals surface area contributed by atoms with Crippen molar-refractivity contribution in [3.63, 3.8) is 0 Å². The molecule has 9 atom stereocenters. The van der Waals surface area contributed by atoms with E-state index >= 15 is 0 Å². The normalized spacial score (nSPS) is 25.0. The fourth-order valence-electron chi connectivity index (χ4n) is 6.15. The van der Waals surface area contributed by atoms with Gasteiger partial charge in [0.2, 0.25) is 0 Å². The summed E-state index contributed by atoms with van der Waals surface area (Å²) in [7, 11) is 0. The average Bonchev–Trinajstić information content (AvgIpc) is 3.03. The monoisotopic (exact) mass is 712 g/mol. The van der Waals surface area contributed by atoms with Gasteiger partial charge in [0.15, 0.2) is 0 Å². The SMILES string of the molecule is CCC[C@H](O)[C@@H](O)/C=C(C)/C=C/C=C(C)/C=C(C)/C=C/C(=O)O[C@H]1CCCC(=O)O[C@@H]([C@@H](C)C/C(C)=C/[C@@H](C)[C@H](O)C[C@@H](C)O)C/C=C/C[C@@H]1C. The lowest BCUT2D eigenvalue weighted by Gasteiger charge is -2.26. The van der Waals surface area contributed by atoms with Crippen LogP contribution in [0.15, 0.2) is 83.1 Å². The zero-order valence-corrected chi connectivity index (χ0v) is 32.8. The van der Waals surface area contributed by atoms with Crippen molar-refractivity contribution >= 4 is 11.9 Å². The Labute approximate surface area is 308 Å². The van der Waals surface area contributed by atoms with E-state index in [2.05, 4.69) is 26.0 Å². The van der Waals surface area contributed by atoms with Crippen molar-refractivity contribution in [1.29, 1.82) is 0 Å². The fourth-order valence-corrected chi connectivity index (χ4v) is 6.15. The van der Waals surface area contributed by atoms with Crippen molar-refractivity contribution in [1.82, 2.24) is 0 Å². The first kappa shape index (κ1) is 46.0. The molecule has 0 amide bonds. The van der Waals surface area contributed by atoms with Crippen LogP contribution in [0.2, 0.25) is 0 Å². The van der Waals surface area contributed by atoms with Crippen LogP contribution in [0.25, 0.3) is 0 Å². The molecule has 0 aromatic carbocycles. The summed E-state index contributed by atoms with van der Waals surface area (Å²) >= 11 is 0. The molecule has 0 aliphatic carbocycles. The Balaban J connectivity index is 2.79. The molecule has 1 heterocycles. The van der Waals surface area contributed by atoms with Gasteiger partial charge in [0.25, 0.3) is 0 Å². The van der Waals surface area contributed by atoms with Crippen molar-refractivity contribution in [3.8, 4) is 0 Å². The maximum Gasteiger partial charge on any atom is 0.331 e. The molecule has 288 valence electrons. The van der Waals surface area contributed by atoms with Gasteiger partial charge in [-0.05, 0) is 85.0 Å². The third-order valence-electron chi connectivity index (χ3n) is 9.18. The number of ether oxygens (including phenoxy) is 2. The second kappa shape index (κ2) is 25.0. The highest BCUT2D eigenvalue weighted by Gasteiger charge is 2.25. The standard InChI is InChI=1S/C43H68O8/c1-10-15-37(45)39(47)27-30(3)17-13-16-29(2)24-31(4)22-23-43(49)50-40-20-14-21-42(48)51-41(19-12-11-18-33(40)6)35(8)26-32(5)25-34(7)38(46)28-36(9)44/h11-13,16-17,22-25,27,33-41,44-47H,10,14-15,18-21,26,28H2,1-9H3/b12-11+,17-13+,23-22+,29-16+,30-27+,31-24+,32-25+/t33-,34+,35-,36+,37-,38+,39-,40-,41+/m0/s1. The molecule has 0 unspecified atom stereocenters. The number of hydrogen-bond donors (Lipinski definition) is 4. The number of carbonyl (C=O) groups is 2.